The van der Waals surface area contributed by atoms with Crippen LogP contribution in [0.15, 0.2) is 0 Å². The van der Waals surface area contributed by atoms with Crippen molar-refractivity contribution in [3.63, 3.8) is 0 Å². The van der Waals surface area contributed by atoms with Crippen LogP contribution in [-0.4, -0.2) is 73.3 Å². The van der Waals surface area contributed by atoms with Crippen molar-refractivity contribution in [2.24, 2.45) is 5.92 Å². The van der Waals surface area contributed by atoms with Gasteiger partial charge in [0, 0.05) is 26.2 Å². The van der Waals surface area contributed by atoms with Crippen LogP contribution in [0.25, 0.3) is 0 Å². The topological polar surface area (TPSA) is 88.2 Å². The van der Waals surface area contributed by atoms with Gasteiger partial charge in [-0.2, -0.15) is 0 Å². The van der Waals surface area contributed by atoms with Crippen LogP contribution < -0.4 is 5.32 Å². The van der Waals surface area contributed by atoms with Gasteiger partial charge in [0.2, 0.25) is 5.91 Å². The molecule has 8 heteroatoms. The minimum absolute atomic E-state index is 0.0602. The maximum absolute atomic E-state index is 12.6. The number of ether oxygens (including phenoxy) is 2. The Kier molecular flexibility index (Phi) is 7.64. The van der Waals surface area contributed by atoms with Gasteiger partial charge in [-0.1, -0.05) is 13.8 Å². The van der Waals surface area contributed by atoms with Gasteiger partial charge in [-0.15, -0.1) is 0 Å². The van der Waals surface area contributed by atoms with E-state index < -0.39 is 12.1 Å². The summed E-state index contributed by atoms with van der Waals surface area (Å²) >= 11 is 0. The lowest BCUT2D eigenvalue weighted by molar-refractivity contribution is -0.136. The van der Waals surface area contributed by atoms with Gasteiger partial charge in [-0.05, 0) is 19.8 Å². The monoisotopic (exact) mass is 329 g/mol. The van der Waals surface area contributed by atoms with Gasteiger partial charge in [0.25, 0.3) is 0 Å². The third-order valence-electron chi connectivity index (χ3n) is 3.60. The first-order chi connectivity index (χ1) is 10.9. The Morgan fingerprint density at radius 1 is 0.957 bits per heavy atom. The number of hydrogen-bond donors (Lipinski definition) is 1. The minimum Gasteiger partial charge on any atom is -0.450 e. The Morgan fingerprint density at radius 3 is 1.96 bits per heavy atom. The number of hydrogen-bond acceptors (Lipinski definition) is 5. The van der Waals surface area contributed by atoms with Crippen LogP contribution in [0.4, 0.5) is 9.59 Å². The lowest BCUT2D eigenvalue weighted by atomic mass is 10.0. The fraction of sp³-hybridized carbons (Fsp3) is 0.800. The molecule has 1 heterocycles. The first-order valence-corrected chi connectivity index (χ1v) is 8.04. The number of nitrogens with one attached hydrogen (secondary N) is 1. The molecule has 0 saturated carbocycles. The van der Waals surface area contributed by atoms with E-state index in [0.29, 0.717) is 32.8 Å². The van der Waals surface area contributed by atoms with E-state index in [1.165, 1.54) is 0 Å². The third kappa shape index (κ3) is 5.61. The van der Waals surface area contributed by atoms with Crippen LogP contribution in [0.1, 0.15) is 27.7 Å². The van der Waals surface area contributed by atoms with Crippen LogP contribution in [0, 0.1) is 5.92 Å². The summed E-state index contributed by atoms with van der Waals surface area (Å²) in [5.74, 6) is -0.216. The molecule has 1 N–H and O–H groups in total. The zero-order chi connectivity index (χ0) is 17.4. The number of piperazine rings is 1. The first kappa shape index (κ1) is 19.1. The number of nitrogens with zero attached hydrogens (tertiary/aromatic N) is 2. The van der Waals surface area contributed by atoms with Crippen LogP contribution in [0.2, 0.25) is 0 Å². The van der Waals surface area contributed by atoms with E-state index in [1.54, 1.807) is 23.6 Å². The molecule has 0 spiro atoms. The van der Waals surface area contributed by atoms with E-state index in [4.69, 9.17) is 9.47 Å². The van der Waals surface area contributed by atoms with Crippen molar-refractivity contribution < 1.29 is 23.9 Å². The molecule has 1 aliphatic heterocycles. The highest BCUT2D eigenvalue weighted by Gasteiger charge is 2.32. The Bertz CT molecular complexity index is 419. The quantitative estimate of drug-likeness (QED) is 0.815. The lowest BCUT2D eigenvalue weighted by Crippen LogP contribution is -2.57. The standard InChI is InChI=1S/C15H27N3O5/c1-5-22-14(20)16-12(11(3)4)13(19)17-7-9-18(10-8-17)15(21)23-6-2/h11-12H,5-10H2,1-4H3,(H,16,20). The first-order valence-electron chi connectivity index (χ1n) is 8.04. The molecule has 132 valence electrons. The fourth-order valence-corrected chi connectivity index (χ4v) is 2.33. The van der Waals surface area contributed by atoms with Crippen molar-refractivity contribution in [1.82, 2.24) is 15.1 Å². The van der Waals surface area contributed by atoms with Crippen molar-refractivity contribution in [2.45, 2.75) is 33.7 Å². The summed E-state index contributed by atoms with van der Waals surface area (Å²) in [6.45, 7) is 9.47. The summed E-state index contributed by atoms with van der Waals surface area (Å²) < 4.78 is 9.80. The second-order valence-corrected chi connectivity index (χ2v) is 5.60. The van der Waals surface area contributed by atoms with Gasteiger partial charge >= 0.3 is 12.2 Å². The molecule has 1 aliphatic rings. The fourth-order valence-electron chi connectivity index (χ4n) is 2.33. The summed E-state index contributed by atoms with van der Waals surface area (Å²) in [4.78, 5) is 39.1. The van der Waals surface area contributed by atoms with Gasteiger partial charge in [-0.3, -0.25) is 4.79 Å². The molecular weight excluding hydrogens is 302 g/mol. The van der Waals surface area contributed by atoms with Crippen LogP contribution >= 0.6 is 0 Å². The molecule has 0 bridgehead atoms. The second-order valence-electron chi connectivity index (χ2n) is 5.60. The predicted octanol–water partition coefficient (Wildman–Crippen LogP) is 1.06. The molecule has 1 rings (SSSR count). The molecule has 1 atom stereocenters. The number of carbonyl (C=O) groups is 3. The maximum atomic E-state index is 12.6. The van der Waals surface area contributed by atoms with Gasteiger partial charge in [-0.25, -0.2) is 9.59 Å². The van der Waals surface area contributed by atoms with Gasteiger partial charge in [0.05, 0.1) is 13.2 Å². The highest BCUT2D eigenvalue weighted by atomic mass is 16.6. The largest absolute Gasteiger partial charge is 0.450 e. The van der Waals surface area contributed by atoms with E-state index in [1.807, 2.05) is 13.8 Å². The molecule has 0 aliphatic carbocycles. The normalized spacial score (nSPS) is 16.0. The average molecular weight is 329 g/mol. The molecule has 3 amide bonds. The molecule has 1 unspecified atom stereocenters. The Hall–Kier alpha value is -1.99. The molecule has 0 aromatic carbocycles. The van der Waals surface area contributed by atoms with Crippen LogP contribution in [0.5, 0.6) is 0 Å². The summed E-state index contributed by atoms with van der Waals surface area (Å²) in [5, 5.41) is 2.61. The highest BCUT2D eigenvalue weighted by Crippen LogP contribution is 2.10. The van der Waals surface area contributed by atoms with Gasteiger partial charge in [0.15, 0.2) is 0 Å². The van der Waals surface area contributed by atoms with Crippen molar-refractivity contribution in [1.29, 1.82) is 0 Å². The Labute approximate surface area is 137 Å². The zero-order valence-electron chi connectivity index (χ0n) is 14.3. The maximum Gasteiger partial charge on any atom is 0.409 e. The lowest BCUT2D eigenvalue weighted by Gasteiger charge is -2.36. The molecule has 0 aromatic heterocycles. The highest BCUT2D eigenvalue weighted by molar-refractivity contribution is 5.86. The molecule has 8 nitrogen and oxygen atoms in total. The number of carbonyl (C=O) groups excluding carboxylic acids is 3. The summed E-state index contributed by atoms with van der Waals surface area (Å²) in [6, 6.07) is -0.636. The van der Waals surface area contributed by atoms with Gasteiger partial charge in [0.1, 0.15) is 6.04 Å². The van der Waals surface area contributed by atoms with E-state index in [-0.39, 0.29) is 24.5 Å². The van der Waals surface area contributed by atoms with E-state index in [9.17, 15) is 14.4 Å². The number of amides is 3. The summed E-state index contributed by atoms with van der Waals surface area (Å²) in [5.41, 5.74) is 0. The molecular formula is C15H27N3O5. The van der Waals surface area contributed by atoms with E-state index >= 15 is 0 Å². The van der Waals surface area contributed by atoms with Crippen molar-refractivity contribution in [2.75, 3.05) is 39.4 Å². The smallest absolute Gasteiger partial charge is 0.409 e. The number of rotatable bonds is 5. The molecule has 1 fully saturated rings. The summed E-state index contributed by atoms with van der Waals surface area (Å²) in [7, 11) is 0. The molecule has 0 radical (unpaired) electrons. The Morgan fingerprint density at radius 2 is 1.48 bits per heavy atom. The van der Waals surface area contributed by atoms with E-state index in [2.05, 4.69) is 5.32 Å². The predicted molar refractivity (Wildman–Crippen MR) is 84.0 cm³/mol. The number of alkyl carbamates (subject to hydrolysis) is 1. The SMILES string of the molecule is CCOC(=O)NC(C(=O)N1CCN(C(=O)OCC)CC1)C(C)C. The minimum atomic E-state index is -0.636. The van der Waals surface area contributed by atoms with Crippen LogP contribution in [-0.2, 0) is 14.3 Å². The average Bonchev–Trinajstić information content (AvgIpc) is 2.52. The molecule has 1 saturated heterocycles. The van der Waals surface area contributed by atoms with Crippen molar-refractivity contribution in [3.8, 4) is 0 Å². The summed E-state index contributed by atoms with van der Waals surface area (Å²) in [6.07, 6.45) is -0.950. The molecule has 23 heavy (non-hydrogen) atoms. The second kappa shape index (κ2) is 9.22. The van der Waals surface area contributed by atoms with Crippen LogP contribution in [0.3, 0.4) is 0 Å². The third-order valence-corrected chi connectivity index (χ3v) is 3.60. The van der Waals surface area contributed by atoms with E-state index in [0.717, 1.165) is 0 Å². The zero-order valence-corrected chi connectivity index (χ0v) is 14.3. The van der Waals surface area contributed by atoms with Gasteiger partial charge < -0.3 is 24.6 Å². The van der Waals surface area contributed by atoms with Crippen molar-refractivity contribution >= 4 is 18.1 Å². The van der Waals surface area contributed by atoms with Crippen molar-refractivity contribution in [3.05, 3.63) is 0 Å². The molecule has 0 aromatic rings. The Balaban J connectivity index is 2.58.